The van der Waals surface area contributed by atoms with Gasteiger partial charge in [-0.1, -0.05) is 13.8 Å². The average molecular weight is 285 g/mol. The van der Waals surface area contributed by atoms with E-state index in [1.807, 2.05) is 13.8 Å². The van der Waals surface area contributed by atoms with Crippen molar-refractivity contribution in [3.63, 3.8) is 0 Å². The SMILES string of the molecule is COC(=O)C(NC(=O)C1CCCN(C(N)=O)C1)C(C)C. The number of hydrogen-bond donors (Lipinski definition) is 2. The van der Waals surface area contributed by atoms with Gasteiger partial charge >= 0.3 is 12.0 Å². The van der Waals surface area contributed by atoms with Gasteiger partial charge in [-0.05, 0) is 18.8 Å². The second-order valence-corrected chi connectivity index (χ2v) is 5.38. The summed E-state index contributed by atoms with van der Waals surface area (Å²) in [4.78, 5) is 36.4. The van der Waals surface area contributed by atoms with Crippen molar-refractivity contribution in [1.29, 1.82) is 0 Å². The molecule has 7 nitrogen and oxygen atoms in total. The van der Waals surface area contributed by atoms with E-state index in [1.54, 1.807) is 0 Å². The maximum absolute atomic E-state index is 12.2. The normalized spacial score (nSPS) is 20.4. The number of primary amides is 1. The number of amides is 3. The van der Waals surface area contributed by atoms with Crippen LogP contribution in [0.5, 0.6) is 0 Å². The summed E-state index contributed by atoms with van der Waals surface area (Å²) < 4.78 is 4.68. The van der Waals surface area contributed by atoms with Crippen LogP contribution in [0.4, 0.5) is 4.79 Å². The lowest BCUT2D eigenvalue weighted by Gasteiger charge is -2.31. The predicted molar refractivity (Wildman–Crippen MR) is 72.7 cm³/mol. The number of carbonyl (C=O) groups excluding carboxylic acids is 3. The molecule has 0 aliphatic carbocycles. The van der Waals surface area contributed by atoms with E-state index in [1.165, 1.54) is 12.0 Å². The highest BCUT2D eigenvalue weighted by Crippen LogP contribution is 2.17. The third kappa shape index (κ3) is 4.11. The third-order valence-electron chi connectivity index (χ3n) is 3.52. The Balaban J connectivity index is 2.64. The summed E-state index contributed by atoms with van der Waals surface area (Å²) in [5.41, 5.74) is 5.23. The van der Waals surface area contributed by atoms with E-state index in [0.717, 1.165) is 6.42 Å². The molecular weight excluding hydrogens is 262 g/mol. The van der Waals surface area contributed by atoms with Crippen molar-refractivity contribution in [1.82, 2.24) is 10.2 Å². The molecule has 1 fully saturated rings. The van der Waals surface area contributed by atoms with E-state index in [0.29, 0.717) is 19.5 Å². The standard InChI is InChI=1S/C13H23N3O4/c1-8(2)10(12(18)20-3)15-11(17)9-5-4-6-16(7-9)13(14)19/h8-10H,4-7H2,1-3H3,(H2,14,19)(H,15,17). The molecule has 2 atom stereocenters. The molecule has 0 aromatic rings. The fourth-order valence-electron chi connectivity index (χ4n) is 2.29. The number of nitrogens with zero attached hydrogens (tertiary/aromatic N) is 1. The topological polar surface area (TPSA) is 102 Å². The van der Waals surface area contributed by atoms with Gasteiger partial charge < -0.3 is 20.7 Å². The molecule has 3 N–H and O–H groups in total. The lowest BCUT2D eigenvalue weighted by Crippen LogP contribution is -2.51. The largest absolute Gasteiger partial charge is 0.467 e. The zero-order chi connectivity index (χ0) is 15.3. The van der Waals surface area contributed by atoms with Crippen molar-refractivity contribution in [3.05, 3.63) is 0 Å². The van der Waals surface area contributed by atoms with Gasteiger partial charge in [-0.15, -0.1) is 0 Å². The molecule has 1 aliphatic heterocycles. The minimum Gasteiger partial charge on any atom is -0.467 e. The molecule has 2 unspecified atom stereocenters. The molecule has 20 heavy (non-hydrogen) atoms. The fraction of sp³-hybridized carbons (Fsp3) is 0.769. The van der Waals surface area contributed by atoms with Crippen molar-refractivity contribution in [2.24, 2.45) is 17.6 Å². The van der Waals surface area contributed by atoms with Crippen molar-refractivity contribution in [3.8, 4) is 0 Å². The van der Waals surface area contributed by atoms with Crippen molar-refractivity contribution in [2.75, 3.05) is 20.2 Å². The smallest absolute Gasteiger partial charge is 0.328 e. The minimum absolute atomic E-state index is 0.0674. The monoisotopic (exact) mass is 285 g/mol. The summed E-state index contributed by atoms with van der Waals surface area (Å²) in [6.07, 6.45) is 1.41. The van der Waals surface area contributed by atoms with Crippen molar-refractivity contribution < 1.29 is 19.1 Å². The molecule has 7 heteroatoms. The molecule has 1 rings (SSSR count). The number of nitrogens with two attached hydrogens (primary N) is 1. The summed E-state index contributed by atoms with van der Waals surface area (Å²) in [6, 6.07) is -1.19. The van der Waals surface area contributed by atoms with Crippen LogP contribution in [0.3, 0.4) is 0 Å². The maximum Gasteiger partial charge on any atom is 0.328 e. The Morgan fingerprint density at radius 1 is 1.35 bits per heavy atom. The Bertz CT molecular complexity index is 384. The Kier molecular flexibility index (Phi) is 5.79. The zero-order valence-corrected chi connectivity index (χ0v) is 12.2. The lowest BCUT2D eigenvalue weighted by molar-refractivity contribution is -0.147. The first-order valence-corrected chi connectivity index (χ1v) is 6.79. The molecule has 0 spiro atoms. The predicted octanol–water partition coefficient (Wildman–Crippen LogP) is 0.0909. The van der Waals surface area contributed by atoms with Crippen LogP contribution in [0.15, 0.2) is 0 Å². The quantitative estimate of drug-likeness (QED) is 0.715. The number of urea groups is 1. The zero-order valence-electron chi connectivity index (χ0n) is 12.2. The summed E-state index contributed by atoms with van der Waals surface area (Å²) >= 11 is 0. The van der Waals surface area contributed by atoms with Gasteiger partial charge in [0.25, 0.3) is 0 Å². The van der Waals surface area contributed by atoms with Crippen molar-refractivity contribution in [2.45, 2.75) is 32.7 Å². The first-order chi connectivity index (χ1) is 9.36. The van der Waals surface area contributed by atoms with Crippen LogP contribution in [-0.2, 0) is 14.3 Å². The Morgan fingerprint density at radius 3 is 2.50 bits per heavy atom. The molecule has 0 aromatic heterocycles. The summed E-state index contributed by atoms with van der Waals surface area (Å²) in [5.74, 6) is -1.10. The molecule has 1 saturated heterocycles. The number of ether oxygens (including phenoxy) is 1. The summed E-state index contributed by atoms with van der Waals surface area (Å²) in [6.45, 7) is 4.54. The molecule has 0 aromatic carbocycles. The Morgan fingerprint density at radius 2 is 2.00 bits per heavy atom. The highest BCUT2D eigenvalue weighted by molar-refractivity contribution is 5.86. The highest BCUT2D eigenvalue weighted by atomic mass is 16.5. The van der Waals surface area contributed by atoms with Gasteiger partial charge in [0.2, 0.25) is 5.91 Å². The number of methoxy groups -OCH3 is 1. The number of carbonyl (C=O) groups is 3. The first kappa shape index (κ1) is 16.3. The van der Waals surface area contributed by atoms with Crippen LogP contribution in [0.25, 0.3) is 0 Å². The number of esters is 1. The van der Waals surface area contributed by atoms with Gasteiger partial charge in [0.05, 0.1) is 13.0 Å². The first-order valence-electron chi connectivity index (χ1n) is 6.79. The van der Waals surface area contributed by atoms with Crippen LogP contribution in [0.1, 0.15) is 26.7 Å². The minimum atomic E-state index is -0.670. The van der Waals surface area contributed by atoms with E-state index in [4.69, 9.17) is 5.73 Å². The molecule has 3 amide bonds. The van der Waals surface area contributed by atoms with Gasteiger partial charge in [-0.3, -0.25) is 4.79 Å². The summed E-state index contributed by atoms with van der Waals surface area (Å²) in [7, 11) is 1.29. The van der Waals surface area contributed by atoms with Crippen LogP contribution in [0, 0.1) is 11.8 Å². The maximum atomic E-state index is 12.2. The Hall–Kier alpha value is -1.79. The van der Waals surface area contributed by atoms with Gasteiger partial charge in [0.1, 0.15) is 6.04 Å². The van der Waals surface area contributed by atoms with Gasteiger partial charge in [-0.2, -0.15) is 0 Å². The lowest BCUT2D eigenvalue weighted by atomic mass is 9.96. The number of rotatable bonds is 4. The van der Waals surface area contributed by atoms with Gasteiger partial charge in [0.15, 0.2) is 0 Å². The molecule has 1 heterocycles. The van der Waals surface area contributed by atoms with Gasteiger partial charge in [0, 0.05) is 13.1 Å². The number of piperidine rings is 1. The fourth-order valence-corrected chi connectivity index (χ4v) is 2.29. The molecule has 1 aliphatic rings. The Labute approximate surface area is 118 Å². The molecular formula is C13H23N3O4. The van der Waals surface area contributed by atoms with Crippen molar-refractivity contribution >= 4 is 17.9 Å². The van der Waals surface area contributed by atoms with E-state index >= 15 is 0 Å². The van der Waals surface area contributed by atoms with E-state index in [9.17, 15) is 14.4 Å². The number of nitrogens with one attached hydrogen (secondary N) is 1. The second kappa shape index (κ2) is 7.12. The molecule has 0 radical (unpaired) electrons. The third-order valence-corrected chi connectivity index (χ3v) is 3.52. The van der Waals surface area contributed by atoms with E-state index in [2.05, 4.69) is 10.1 Å². The van der Waals surface area contributed by atoms with Crippen LogP contribution >= 0.6 is 0 Å². The highest BCUT2D eigenvalue weighted by Gasteiger charge is 2.31. The number of likely N-dealkylation sites (tertiary alicyclic amines) is 1. The number of hydrogen-bond acceptors (Lipinski definition) is 4. The van der Waals surface area contributed by atoms with Crippen LogP contribution in [0.2, 0.25) is 0 Å². The summed E-state index contributed by atoms with van der Waals surface area (Å²) in [5, 5.41) is 2.70. The van der Waals surface area contributed by atoms with E-state index in [-0.39, 0.29) is 17.7 Å². The molecule has 0 saturated carbocycles. The average Bonchev–Trinajstić information content (AvgIpc) is 2.43. The second-order valence-electron chi connectivity index (χ2n) is 5.38. The molecule has 114 valence electrons. The van der Waals surface area contributed by atoms with Crippen LogP contribution in [-0.4, -0.2) is 49.0 Å². The van der Waals surface area contributed by atoms with E-state index < -0.39 is 18.0 Å². The van der Waals surface area contributed by atoms with Crippen LogP contribution < -0.4 is 11.1 Å². The molecule has 0 bridgehead atoms. The van der Waals surface area contributed by atoms with Gasteiger partial charge in [-0.25, -0.2) is 9.59 Å².